The Morgan fingerprint density at radius 1 is 1.57 bits per heavy atom. The predicted octanol–water partition coefficient (Wildman–Crippen LogP) is 3.25. The van der Waals surface area contributed by atoms with E-state index in [1.165, 1.54) is 0 Å². The van der Waals surface area contributed by atoms with E-state index in [0.717, 1.165) is 16.5 Å². The molecule has 0 saturated heterocycles. The van der Waals surface area contributed by atoms with Crippen LogP contribution in [0.15, 0.2) is 46.5 Å². The number of halogens is 1. The summed E-state index contributed by atoms with van der Waals surface area (Å²) in [6, 6.07) is 7.70. The second-order valence-electron chi connectivity index (χ2n) is 2.62. The van der Waals surface area contributed by atoms with Gasteiger partial charge < -0.3 is 4.84 Å². The van der Waals surface area contributed by atoms with Crippen LogP contribution in [0.5, 0.6) is 0 Å². The molecule has 3 heteroatoms. The predicted molar refractivity (Wildman–Crippen MR) is 61.4 cm³/mol. The Morgan fingerprint density at radius 2 is 2.43 bits per heavy atom. The van der Waals surface area contributed by atoms with Gasteiger partial charge in [0.1, 0.15) is 12.8 Å². The Balaban J connectivity index is 2.39. The molecule has 1 rings (SSSR count). The first-order valence-corrected chi connectivity index (χ1v) is 5.06. The molecular formula is C11H11BrNO. The minimum atomic E-state index is 0.546. The van der Waals surface area contributed by atoms with Crippen LogP contribution in [0.1, 0.15) is 12.0 Å². The average Bonchev–Trinajstić information content (AvgIpc) is 2.18. The van der Waals surface area contributed by atoms with Crippen molar-refractivity contribution in [3.8, 4) is 0 Å². The van der Waals surface area contributed by atoms with Gasteiger partial charge in [0.25, 0.3) is 0 Å². The first-order valence-electron chi connectivity index (χ1n) is 4.27. The highest BCUT2D eigenvalue weighted by Gasteiger charge is 1.89. The molecule has 14 heavy (non-hydrogen) atoms. The Labute approximate surface area is 92.4 Å². The van der Waals surface area contributed by atoms with E-state index in [9.17, 15) is 0 Å². The van der Waals surface area contributed by atoms with E-state index in [4.69, 9.17) is 4.84 Å². The molecule has 0 unspecified atom stereocenters. The van der Waals surface area contributed by atoms with E-state index in [-0.39, 0.29) is 0 Å². The Bertz CT molecular complexity index is 323. The largest absolute Gasteiger partial charge is 0.395 e. The quantitative estimate of drug-likeness (QED) is 0.341. The van der Waals surface area contributed by atoms with Crippen LogP contribution in [0.4, 0.5) is 0 Å². The molecule has 0 fully saturated rings. The Kier molecular flexibility index (Phi) is 5.00. The first-order chi connectivity index (χ1) is 6.83. The van der Waals surface area contributed by atoms with Crippen LogP contribution in [-0.4, -0.2) is 12.8 Å². The molecule has 1 radical (unpaired) electrons. The van der Waals surface area contributed by atoms with Gasteiger partial charge in [0, 0.05) is 16.5 Å². The standard InChI is InChI=1S/C11H11BrNO/c1-2-3-7-14-13-9-10-5-4-6-11(12)8-10/h2,4-6,8H,1,3,7H2. The molecule has 0 bridgehead atoms. The van der Waals surface area contributed by atoms with Crippen LogP contribution < -0.4 is 0 Å². The third-order valence-electron chi connectivity index (χ3n) is 1.48. The van der Waals surface area contributed by atoms with E-state index in [1.54, 1.807) is 6.08 Å². The van der Waals surface area contributed by atoms with Crippen LogP contribution in [0.3, 0.4) is 0 Å². The Morgan fingerprint density at radius 3 is 3.14 bits per heavy atom. The summed E-state index contributed by atoms with van der Waals surface area (Å²) >= 11 is 3.36. The highest BCUT2D eigenvalue weighted by molar-refractivity contribution is 9.10. The van der Waals surface area contributed by atoms with Crippen molar-refractivity contribution >= 4 is 22.1 Å². The van der Waals surface area contributed by atoms with E-state index >= 15 is 0 Å². The van der Waals surface area contributed by atoms with Gasteiger partial charge in [-0.25, -0.2) is 0 Å². The lowest BCUT2D eigenvalue weighted by molar-refractivity contribution is 0.151. The minimum Gasteiger partial charge on any atom is -0.395 e. The third-order valence-corrected chi connectivity index (χ3v) is 1.97. The molecule has 0 aliphatic carbocycles. The van der Waals surface area contributed by atoms with Crippen LogP contribution >= 0.6 is 15.9 Å². The molecule has 0 spiro atoms. The summed E-state index contributed by atoms with van der Waals surface area (Å²) in [6.07, 6.45) is 5.36. The van der Waals surface area contributed by atoms with Crippen LogP contribution in [0, 0.1) is 0 Å². The summed E-state index contributed by atoms with van der Waals surface area (Å²) in [7, 11) is 0. The van der Waals surface area contributed by atoms with E-state index in [0.29, 0.717) is 6.61 Å². The highest BCUT2D eigenvalue weighted by atomic mass is 79.9. The molecule has 0 aliphatic rings. The fourth-order valence-corrected chi connectivity index (χ4v) is 1.22. The van der Waals surface area contributed by atoms with Crippen LogP contribution in [0.25, 0.3) is 0 Å². The fraction of sp³-hybridized carbons (Fsp3) is 0.182. The number of hydrogen-bond donors (Lipinski definition) is 0. The molecule has 0 N–H and O–H groups in total. The van der Waals surface area contributed by atoms with Gasteiger partial charge in [-0.15, -0.1) is 6.58 Å². The maximum absolute atomic E-state index is 4.95. The van der Waals surface area contributed by atoms with Gasteiger partial charge in [-0.05, 0) is 12.1 Å². The van der Waals surface area contributed by atoms with Crippen molar-refractivity contribution in [2.75, 3.05) is 6.61 Å². The number of hydrogen-bond acceptors (Lipinski definition) is 2. The zero-order chi connectivity index (χ0) is 10.2. The van der Waals surface area contributed by atoms with Crippen molar-refractivity contribution in [2.24, 2.45) is 5.16 Å². The second kappa shape index (κ2) is 6.38. The zero-order valence-electron chi connectivity index (χ0n) is 7.74. The number of nitrogens with zero attached hydrogens (tertiary/aromatic N) is 1. The maximum Gasteiger partial charge on any atom is 0.139 e. The summed E-state index contributed by atoms with van der Waals surface area (Å²) in [5.74, 6) is 0. The van der Waals surface area contributed by atoms with Crippen molar-refractivity contribution in [2.45, 2.75) is 6.42 Å². The summed E-state index contributed by atoms with van der Waals surface area (Å²) < 4.78 is 1.00. The van der Waals surface area contributed by atoms with Crippen LogP contribution in [0.2, 0.25) is 0 Å². The summed E-state index contributed by atoms with van der Waals surface area (Å²) in [6.45, 7) is 4.13. The maximum atomic E-state index is 4.95. The molecule has 1 aromatic carbocycles. The summed E-state index contributed by atoms with van der Waals surface area (Å²) in [4.78, 5) is 4.95. The Hall–Kier alpha value is -1.09. The van der Waals surface area contributed by atoms with E-state index in [1.807, 2.05) is 24.3 Å². The molecule has 2 nitrogen and oxygen atoms in total. The van der Waals surface area contributed by atoms with Gasteiger partial charge in [0.15, 0.2) is 0 Å². The molecule has 0 aromatic heterocycles. The van der Waals surface area contributed by atoms with Crippen LogP contribution in [-0.2, 0) is 4.84 Å². The zero-order valence-corrected chi connectivity index (χ0v) is 9.33. The number of benzene rings is 1. The SMILES string of the molecule is C=CCCON=[C]c1cccc(Br)c1. The van der Waals surface area contributed by atoms with E-state index < -0.39 is 0 Å². The molecule has 0 heterocycles. The van der Waals surface area contributed by atoms with Crippen molar-refractivity contribution < 1.29 is 4.84 Å². The second-order valence-corrected chi connectivity index (χ2v) is 3.54. The molecule has 0 saturated carbocycles. The van der Waals surface area contributed by atoms with Gasteiger partial charge in [0.05, 0.1) is 0 Å². The molecular weight excluding hydrogens is 242 g/mol. The van der Waals surface area contributed by atoms with Crippen molar-refractivity contribution in [3.63, 3.8) is 0 Å². The lowest BCUT2D eigenvalue weighted by Crippen LogP contribution is -1.86. The highest BCUT2D eigenvalue weighted by Crippen LogP contribution is 2.09. The van der Waals surface area contributed by atoms with Gasteiger partial charge >= 0.3 is 0 Å². The lowest BCUT2D eigenvalue weighted by atomic mass is 10.2. The summed E-state index contributed by atoms with van der Waals surface area (Å²) in [5, 5.41) is 3.70. The minimum absolute atomic E-state index is 0.546. The number of rotatable bonds is 5. The van der Waals surface area contributed by atoms with Gasteiger partial charge in [0.2, 0.25) is 0 Å². The molecule has 1 aromatic rings. The molecule has 0 amide bonds. The first kappa shape index (κ1) is 11.0. The molecule has 0 aliphatic heterocycles. The monoisotopic (exact) mass is 252 g/mol. The van der Waals surface area contributed by atoms with Gasteiger partial charge in [-0.1, -0.05) is 39.3 Å². The summed E-state index contributed by atoms with van der Waals surface area (Å²) in [5.41, 5.74) is 0.887. The van der Waals surface area contributed by atoms with Crippen molar-refractivity contribution in [1.29, 1.82) is 0 Å². The molecule has 0 atom stereocenters. The topological polar surface area (TPSA) is 21.6 Å². The van der Waals surface area contributed by atoms with Gasteiger partial charge in [-0.2, -0.15) is 0 Å². The molecule has 73 valence electrons. The normalized spacial score (nSPS) is 10.4. The third kappa shape index (κ3) is 4.23. The average molecular weight is 253 g/mol. The lowest BCUT2D eigenvalue weighted by Gasteiger charge is -1.94. The van der Waals surface area contributed by atoms with Crippen molar-refractivity contribution in [3.05, 3.63) is 47.0 Å². The van der Waals surface area contributed by atoms with Crippen molar-refractivity contribution in [1.82, 2.24) is 0 Å². The smallest absolute Gasteiger partial charge is 0.139 e. The van der Waals surface area contributed by atoms with E-state index in [2.05, 4.69) is 33.9 Å². The fourth-order valence-electron chi connectivity index (χ4n) is 0.825. The van der Waals surface area contributed by atoms with Gasteiger partial charge in [-0.3, -0.25) is 0 Å².